The van der Waals surface area contributed by atoms with Gasteiger partial charge in [0.1, 0.15) is 11.2 Å². The molecule has 0 bridgehead atoms. The quantitative estimate of drug-likeness (QED) is 0.444. The number of fused-ring (bicyclic) bond motifs is 1. The minimum atomic E-state index is -1.26. The number of aromatic nitrogens is 3. The highest BCUT2D eigenvalue weighted by Gasteiger charge is 2.43. The molecule has 162 valence electrons. The number of pyridine rings is 1. The van der Waals surface area contributed by atoms with E-state index in [2.05, 4.69) is 25.9 Å². The largest absolute Gasteiger partial charge is 0.330 e. The van der Waals surface area contributed by atoms with Crippen molar-refractivity contribution in [3.63, 3.8) is 0 Å². The zero-order valence-corrected chi connectivity index (χ0v) is 16.9. The van der Waals surface area contributed by atoms with Crippen LogP contribution in [0.5, 0.6) is 0 Å². The van der Waals surface area contributed by atoms with Gasteiger partial charge in [-0.15, -0.1) is 0 Å². The van der Waals surface area contributed by atoms with Crippen LogP contribution in [-0.2, 0) is 10.3 Å². The molecule has 32 heavy (non-hydrogen) atoms. The Bertz CT molecular complexity index is 1440. The van der Waals surface area contributed by atoms with Crippen molar-refractivity contribution in [2.24, 2.45) is 0 Å². The topological polar surface area (TPSA) is 155 Å². The number of imide groups is 1. The molecular weight excluding hydrogens is 416 g/mol. The summed E-state index contributed by atoms with van der Waals surface area (Å²) in [5, 5.41) is 7.62. The maximum atomic E-state index is 12.8. The Hall–Kier alpha value is -4.28. The molecule has 2 aromatic heterocycles. The third kappa shape index (κ3) is 3.14. The van der Waals surface area contributed by atoms with E-state index in [4.69, 9.17) is 0 Å². The molecule has 5 rings (SSSR count). The first-order chi connectivity index (χ1) is 15.3. The van der Waals surface area contributed by atoms with Crippen LogP contribution in [0.1, 0.15) is 41.7 Å². The lowest BCUT2D eigenvalue weighted by atomic mass is 9.92. The highest BCUT2D eigenvalue weighted by atomic mass is 16.2. The summed E-state index contributed by atoms with van der Waals surface area (Å²) in [5.74, 6) is -1.02. The number of nitrogens with one attached hydrogen (secondary N) is 4. The van der Waals surface area contributed by atoms with E-state index in [0.29, 0.717) is 11.3 Å². The van der Waals surface area contributed by atoms with Crippen molar-refractivity contribution >= 4 is 34.6 Å². The number of aromatic amines is 1. The maximum absolute atomic E-state index is 12.8. The normalized spacial score (nSPS) is 20.2. The first kappa shape index (κ1) is 19.7. The van der Waals surface area contributed by atoms with Gasteiger partial charge in [0.25, 0.3) is 17.4 Å². The molecule has 1 aliphatic heterocycles. The average Bonchev–Trinajstić information content (AvgIpc) is 3.54. The van der Waals surface area contributed by atoms with Crippen LogP contribution in [0, 0.1) is 0 Å². The van der Waals surface area contributed by atoms with Gasteiger partial charge in [0.2, 0.25) is 0 Å². The first-order valence-corrected chi connectivity index (χ1v) is 9.96. The molecule has 3 heterocycles. The Kier molecular flexibility index (Phi) is 4.22. The Morgan fingerprint density at radius 2 is 1.97 bits per heavy atom. The van der Waals surface area contributed by atoms with E-state index in [1.54, 1.807) is 31.2 Å². The number of H-pyrrole nitrogens is 1. The molecule has 2 fully saturated rings. The van der Waals surface area contributed by atoms with Crippen LogP contribution in [0.15, 0.2) is 46.1 Å². The Balaban J connectivity index is 1.46. The van der Waals surface area contributed by atoms with Gasteiger partial charge in [-0.25, -0.2) is 14.6 Å². The second kappa shape index (κ2) is 6.87. The molecule has 0 spiro atoms. The predicted molar refractivity (Wildman–Crippen MR) is 113 cm³/mol. The van der Waals surface area contributed by atoms with Gasteiger partial charge in [0.05, 0.1) is 10.9 Å². The lowest BCUT2D eigenvalue weighted by Gasteiger charge is -2.21. The summed E-state index contributed by atoms with van der Waals surface area (Å²) in [6, 6.07) is 7.32. The Labute approximate surface area is 179 Å². The fraction of sp³-hybridized carbons (Fsp3) is 0.238. The molecule has 1 aliphatic carbocycles. The molecule has 4 N–H and O–H groups in total. The van der Waals surface area contributed by atoms with E-state index in [9.17, 15) is 24.0 Å². The number of carbonyl (C=O) groups is 3. The van der Waals surface area contributed by atoms with Gasteiger partial charge in [0, 0.05) is 17.9 Å². The molecule has 0 radical (unpaired) electrons. The maximum Gasteiger partial charge on any atom is 0.330 e. The number of rotatable bonds is 4. The Morgan fingerprint density at radius 1 is 1.19 bits per heavy atom. The first-order valence-electron chi connectivity index (χ1n) is 9.96. The minimum Gasteiger partial charge on any atom is -0.322 e. The zero-order valence-electron chi connectivity index (χ0n) is 16.9. The summed E-state index contributed by atoms with van der Waals surface area (Å²) < 4.78 is 1.45. The zero-order chi connectivity index (χ0) is 22.6. The lowest BCUT2D eigenvalue weighted by molar-refractivity contribution is -0.123. The monoisotopic (exact) mass is 434 g/mol. The molecule has 3 aromatic rings. The molecule has 11 nitrogen and oxygen atoms in total. The molecule has 1 unspecified atom stereocenters. The van der Waals surface area contributed by atoms with E-state index in [1.165, 1.54) is 16.8 Å². The smallest absolute Gasteiger partial charge is 0.322 e. The number of nitrogens with zero attached hydrogens (tertiary/aromatic N) is 2. The third-order valence-electron chi connectivity index (χ3n) is 5.70. The number of hydrogen-bond donors (Lipinski definition) is 4. The van der Waals surface area contributed by atoms with Crippen LogP contribution >= 0.6 is 0 Å². The SMILES string of the molecule is CC1(c2cccc(NC(=O)c3cnc4c(c3)c(=O)[nH]c(=O)n4C3CC3)c2)NC(=O)NC1=O. The summed E-state index contributed by atoms with van der Waals surface area (Å²) in [6.07, 6.45) is 2.97. The second-order valence-corrected chi connectivity index (χ2v) is 8.02. The average molecular weight is 434 g/mol. The highest BCUT2D eigenvalue weighted by molar-refractivity contribution is 6.08. The number of urea groups is 1. The van der Waals surface area contributed by atoms with Crippen LogP contribution < -0.4 is 27.2 Å². The van der Waals surface area contributed by atoms with Gasteiger partial charge < -0.3 is 10.6 Å². The van der Waals surface area contributed by atoms with Crippen molar-refractivity contribution < 1.29 is 14.4 Å². The van der Waals surface area contributed by atoms with Gasteiger partial charge in [-0.1, -0.05) is 12.1 Å². The van der Waals surface area contributed by atoms with E-state index in [0.717, 1.165) is 12.8 Å². The van der Waals surface area contributed by atoms with E-state index >= 15 is 0 Å². The fourth-order valence-electron chi connectivity index (χ4n) is 3.79. The van der Waals surface area contributed by atoms with Gasteiger partial charge in [-0.2, -0.15) is 0 Å². The summed E-state index contributed by atoms with van der Waals surface area (Å²) in [5.41, 5.74) is -1.13. The molecule has 11 heteroatoms. The number of carbonyl (C=O) groups excluding carboxylic acids is 3. The van der Waals surface area contributed by atoms with Crippen LogP contribution in [0.2, 0.25) is 0 Å². The van der Waals surface area contributed by atoms with Gasteiger partial charge in [-0.3, -0.25) is 29.3 Å². The van der Waals surface area contributed by atoms with Crippen LogP contribution in [0.3, 0.4) is 0 Å². The van der Waals surface area contributed by atoms with E-state index in [1.807, 2.05) is 0 Å². The van der Waals surface area contributed by atoms with Gasteiger partial charge in [0.15, 0.2) is 0 Å². The summed E-state index contributed by atoms with van der Waals surface area (Å²) in [7, 11) is 0. The van der Waals surface area contributed by atoms with Crippen molar-refractivity contribution in [1.82, 2.24) is 25.2 Å². The number of benzene rings is 1. The van der Waals surface area contributed by atoms with Crippen molar-refractivity contribution in [3.8, 4) is 0 Å². The molecule has 2 aliphatic rings. The van der Waals surface area contributed by atoms with E-state index < -0.39 is 34.6 Å². The van der Waals surface area contributed by atoms with Crippen LogP contribution in [-0.4, -0.2) is 32.4 Å². The minimum absolute atomic E-state index is 0.00593. The summed E-state index contributed by atoms with van der Waals surface area (Å²) in [6.45, 7) is 1.56. The van der Waals surface area contributed by atoms with Crippen LogP contribution in [0.25, 0.3) is 11.0 Å². The van der Waals surface area contributed by atoms with Crippen molar-refractivity contribution in [2.45, 2.75) is 31.3 Å². The summed E-state index contributed by atoms with van der Waals surface area (Å²) >= 11 is 0. The number of anilines is 1. The molecule has 1 saturated heterocycles. The molecule has 4 amide bonds. The van der Waals surface area contributed by atoms with Crippen molar-refractivity contribution in [1.29, 1.82) is 0 Å². The molecular formula is C21H18N6O5. The lowest BCUT2D eigenvalue weighted by Crippen LogP contribution is -2.40. The van der Waals surface area contributed by atoms with Crippen molar-refractivity contribution in [3.05, 3.63) is 68.5 Å². The van der Waals surface area contributed by atoms with E-state index in [-0.39, 0.29) is 22.6 Å². The Morgan fingerprint density at radius 3 is 2.66 bits per heavy atom. The number of amides is 4. The number of hydrogen-bond acceptors (Lipinski definition) is 6. The molecule has 1 aromatic carbocycles. The molecule has 1 atom stereocenters. The molecule has 1 saturated carbocycles. The van der Waals surface area contributed by atoms with Gasteiger partial charge in [-0.05, 0) is 43.5 Å². The highest BCUT2D eigenvalue weighted by Crippen LogP contribution is 2.34. The standard InChI is InChI=1S/C21H18N6O5/c1-21(18(30)25-19(31)26-21)11-3-2-4-12(8-11)23-16(28)10-7-14-15(22-9-10)27(13-5-6-13)20(32)24-17(14)29/h2-4,7-9,13H,5-6H2,1H3,(H,23,28)(H,24,29,32)(H2,25,26,30,31). The van der Waals surface area contributed by atoms with Crippen molar-refractivity contribution in [2.75, 3.05) is 5.32 Å². The second-order valence-electron chi connectivity index (χ2n) is 8.02. The van der Waals surface area contributed by atoms with Crippen LogP contribution in [0.4, 0.5) is 10.5 Å². The van der Waals surface area contributed by atoms with Gasteiger partial charge >= 0.3 is 11.7 Å². The fourth-order valence-corrected chi connectivity index (χ4v) is 3.79. The predicted octanol–water partition coefficient (Wildman–Crippen LogP) is 0.727. The summed E-state index contributed by atoms with van der Waals surface area (Å²) in [4.78, 5) is 67.5. The third-order valence-corrected chi connectivity index (χ3v) is 5.70.